The smallest absolute Gasteiger partial charge is 0.270 e. The number of carbonyl (C=O) groups is 2. The number of nitrogens with zero attached hydrogens (tertiary/aromatic N) is 1. The van der Waals surface area contributed by atoms with Crippen LogP contribution in [0.3, 0.4) is 0 Å². The molecule has 2 heterocycles. The van der Waals surface area contributed by atoms with Crippen molar-refractivity contribution in [1.29, 1.82) is 0 Å². The molecular weight excluding hydrogens is 359 g/mol. The van der Waals surface area contributed by atoms with Gasteiger partial charge in [-0.05, 0) is 66.3 Å². The van der Waals surface area contributed by atoms with Crippen molar-refractivity contribution in [3.8, 4) is 0 Å². The Hall–Kier alpha value is -2.15. The third kappa shape index (κ3) is 3.14. The van der Waals surface area contributed by atoms with Gasteiger partial charge in [-0.25, -0.2) is 0 Å². The van der Waals surface area contributed by atoms with Gasteiger partial charge in [-0.3, -0.25) is 19.8 Å². The lowest BCUT2D eigenvalue weighted by Gasteiger charge is -2.28. The molecule has 2 aromatic rings. The van der Waals surface area contributed by atoms with Crippen molar-refractivity contribution < 1.29 is 14.0 Å². The van der Waals surface area contributed by atoms with E-state index in [0.717, 1.165) is 0 Å². The lowest BCUT2D eigenvalue weighted by Crippen LogP contribution is -2.54. The van der Waals surface area contributed by atoms with Crippen molar-refractivity contribution in [2.75, 3.05) is 4.90 Å². The molecule has 116 valence electrons. The molecule has 2 amide bonds. The number of thiocarbonyl (C=S) groups is 1. The van der Waals surface area contributed by atoms with Gasteiger partial charge in [0, 0.05) is 5.02 Å². The molecule has 1 aromatic carbocycles. The second-order valence-electron chi connectivity index (χ2n) is 4.58. The second-order valence-corrected chi connectivity index (χ2v) is 5.77. The number of rotatable bonds is 2. The lowest BCUT2D eigenvalue weighted by molar-refractivity contribution is -0.122. The fraction of sp³-hybridized carbons (Fsp3) is 0. The van der Waals surface area contributed by atoms with Gasteiger partial charge in [-0.15, -0.1) is 0 Å². The van der Waals surface area contributed by atoms with Gasteiger partial charge in [0.15, 0.2) is 10.3 Å². The maximum Gasteiger partial charge on any atom is 0.270 e. The predicted molar refractivity (Wildman–Crippen MR) is 91.4 cm³/mol. The molecule has 0 atom stereocenters. The van der Waals surface area contributed by atoms with Crippen LogP contribution in [-0.4, -0.2) is 16.9 Å². The molecule has 1 saturated heterocycles. The predicted octanol–water partition coefficient (Wildman–Crippen LogP) is 3.42. The topological polar surface area (TPSA) is 62.6 Å². The van der Waals surface area contributed by atoms with Crippen LogP contribution in [0.1, 0.15) is 5.76 Å². The summed E-state index contributed by atoms with van der Waals surface area (Å²) in [6, 6.07) is 9.57. The Morgan fingerprint density at radius 3 is 2.39 bits per heavy atom. The quantitative estimate of drug-likeness (QED) is 0.502. The van der Waals surface area contributed by atoms with Crippen molar-refractivity contribution in [3.63, 3.8) is 0 Å². The van der Waals surface area contributed by atoms with Crippen LogP contribution >= 0.6 is 35.4 Å². The summed E-state index contributed by atoms with van der Waals surface area (Å²) >= 11 is 16.6. The fourth-order valence-electron chi connectivity index (χ4n) is 2.03. The first kappa shape index (κ1) is 15.7. The van der Waals surface area contributed by atoms with E-state index in [1.54, 1.807) is 30.3 Å². The summed E-state index contributed by atoms with van der Waals surface area (Å²) in [5.74, 6) is -0.872. The molecule has 1 aliphatic heterocycles. The minimum Gasteiger partial charge on any atom is -0.445 e. The van der Waals surface area contributed by atoms with Gasteiger partial charge in [0.05, 0.1) is 5.69 Å². The van der Waals surface area contributed by atoms with E-state index in [9.17, 15) is 9.59 Å². The molecule has 1 aromatic heterocycles. The van der Waals surface area contributed by atoms with E-state index in [4.69, 9.17) is 39.8 Å². The summed E-state index contributed by atoms with van der Waals surface area (Å²) in [5.41, 5.74) is 0.382. The molecule has 0 aliphatic carbocycles. The van der Waals surface area contributed by atoms with Gasteiger partial charge >= 0.3 is 0 Å². The molecule has 1 aliphatic rings. The lowest BCUT2D eigenvalue weighted by atomic mass is 10.1. The average molecular weight is 367 g/mol. The zero-order valence-electron chi connectivity index (χ0n) is 11.4. The fourth-order valence-corrected chi connectivity index (χ4v) is 2.59. The molecule has 0 spiro atoms. The molecule has 23 heavy (non-hydrogen) atoms. The second kappa shape index (κ2) is 6.16. The van der Waals surface area contributed by atoms with Crippen LogP contribution < -0.4 is 10.2 Å². The minimum atomic E-state index is -0.599. The van der Waals surface area contributed by atoms with Gasteiger partial charge in [0.1, 0.15) is 11.3 Å². The molecule has 0 saturated carbocycles. The molecule has 0 radical (unpaired) electrons. The van der Waals surface area contributed by atoms with Crippen LogP contribution in [0.2, 0.25) is 10.2 Å². The number of nitrogens with one attached hydrogen (secondary N) is 1. The minimum absolute atomic E-state index is 0.00282. The SMILES string of the molecule is O=C1NC(=S)N(c2ccc(Cl)cc2)C(=O)/C1=C/c1ccc(Cl)o1. The average Bonchev–Trinajstić information content (AvgIpc) is 2.91. The Labute approximate surface area is 146 Å². The van der Waals surface area contributed by atoms with Crippen LogP contribution in [0.4, 0.5) is 5.69 Å². The van der Waals surface area contributed by atoms with Crippen LogP contribution in [0.15, 0.2) is 46.4 Å². The zero-order chi connectivity index (χ0) is 16.6. The highest BCUT2D eigenvalue weighted by Crippen LogP contribution is 2.24. The van der Waals surface area contributed by atoms with E-state index in [-0.39, 0.29) is 21.7 Å². The summed E-state index contributed by atoms with van der Waals surface area (Å²) < 4.78 is 5.15. The van der Waals surface area contributed by atoms with Crippen LogP contribution in [-0.2, 0) is 9.59 Å². The van der Waals surface area contributed by atoms with Crippen molar-refractivity contribution in [3.05, 3.63) is 58.0 Å². The number of hydrogen-bond acceptors (Lipinski definition) is 4. The maximum absolute atomic E-state index is 12.6. The first-order valence-electron chi connectivity index (χ1n) is 6.38. The van der Waals surface area contributed by atoms with Gasteiger partial charge in [0.25, 0.3) is 11.8 Å². The third-order valence-electron chi connectivity index (χ3n) is 3.07. The van der Waals surface area contributed by atoms with E-state index >= 15 is 0 Å². The molecule has 0 bridgehead atoms. The van der Waals surface area contributed by atoms with E-state index in [0.29, 0.717) is 10.7 Å². The number of carbonyl (C=O) groups excluding carboxylic acids is 2. The summed E-state index contributed by atoms with van der Waals surface area (Å²) in [7, 11) is 0. The largest absolute Gasteiger partial charge is 0.445 e. The summed E-state index contributed by atoms with van der Waals surface area (Å²) in [5, 5.41) is 3.15. The van der Waals surface area contributed by atoms with Crippen LogP contribution in [0.5, 0.6) is 0 Å². The first-order chi connectivity index (χ1) is 11.0. The molecule has 5 nitrogen and oxygen atoms in total. The van der Waals surface area contributed by atoms with Crippen molar-refractivity contribution in [2.45, 2.75) is 0 Å². The Balaban J connectivity index is 2.00. The Bertz CT molecular complexity index is 843. The number of hydrogen-bond donors (Lipinski definition) is 1. The molecule has 1 fully saturated rings. The highest BCUT2D eigenvalue weighted by Gasteiger charge is 2.34. The van der Waals surface area contributed by atoms with E-state index in [2.05, 4.69) is 5.32 Å². The zero-order valence-corrected chi connectivity index (χ0v) is 13.7. The van der Waals surface area contributed by atoms with Crippen molar-refractivity contribution in [1.82, 2.24) is 5.32 Å². The van der Waals surface area contributed by atoms with Crippen molar-refractivity contribution >= 4 is 64.1 Å². The Morgan fingerprint density at radius 1 is 1.09 bits per heavy atom. The van der Waals surface area contributed by atoms with E-state index in [1.165, 1.54) is 17.0 Å². The normalized spacial score (nSPS) is 16.9. The van der Waals surface area contributed by atoms with E-state index < -0.39 is 11.8 Å². The summed E-state index contributed by atoms with van der Waals surface area (Å²) in [6.45, 7) is 0. The summed E-state index contributed by atoms with van der Waals surface area (Å²) in [4.78, 5) is 25.9. The number of anilines is 1. The molecule has 1 N–H and O–H groups in total. The molecule has 0 unspecified atom stereocenters. The number of benzene rings is 1. The maximum atomic E-state index is 12.6. The van der Waals surface area contributed by atoms with Crippen LogP contribution in [0.25, 0.3) is 6.08 Å². The van der Waals surface area contributed by atoms with Gasteiger partial charge in [0.2, 0.25) is 0 Å². The summed E-state index contributed by atoms with van der Waals surface area (Å²) in [6.07, 6.45) is 1.31. The Kier molecular flexibility index (Phi) is 4.21. The van der Waals surface area contributed by atoms with Crippen molar-refractivity contribution in [2.24, 2.45) is 0 Å². The number of furan rings is 1. The highest BCUT2D eigenvalue weighted by molar-refractivity contribution is 7.80. The van der Waals surface area contributed by atoms with Crippen LogP contribution in [0, 0.1) is 0 Å². The van der Waals surface area contributed by atoms with Gasteiger partial charge < -0.3 is 4.42 Å². The Morgan fingerprint density at radius 2 is 1.78 bits per heavy atom. The molecule has 8 heteroatoms. The number of halogens is 2. The standard InChI is InChI=1S/C15H8Cl2N2O3S/c16-8-1-3-9(4-2-8)19-14(21)11(13(20)18-15(19)23)7-10-5-6-12(17)22-10/h1-7H,(H,18,20,23)/b11-7+. The first-order valence-corrected chi connectivity index (χ1v) is 7.54. The van der Waals surface area contributed by atoms with Gasteiger partial charge in [-0.2, -0.15) is 0 Å². The van der Waals surface area contributed by atoms with Gasteiger partial charge in [-0.1, -0.05) is 11.6 Å². The highest BCUT2D eigenvalue weighted by atomic mass is 35.5. The third-order valence-corrected chi connectivity index (χ3v) is 3.81. The monoisotopic (exact) mass is 366 g/mol. The molecule has 3 rings (SSSR count). The molecular formula is C15H8Cl2N2O3S. The number of amides is 2. The van der Waals surface area contributed by atoms with E-state index in [1.807, 2.05) is 0 Å².